The third-order valence-corrected chi connectivity index (χ3v) is 0.429. The first-order chi connectivity index (χ1) is 2.94. The van der Waals surface area contributed by atoms with E-state index >= 15 is 0 Å². The van der Waals surface area contributed by atoms with Crippen molar-refractivity contribution in [1.29, 1.82) is 0 Å². The van der Waals surface area contributed by atoms with Crippen LogP contribution in [-0.4, -0.2) is 6.18 Å². The molecule has 43 valence electrons. The summed E-state index contributed by atoms with van der Waals surface area (Å²) in [5.41, 5.74) is -2.53. The number of hydrogen-bond acceptors (Lipinski definition) is 0. The molecule has 0 aromatic rings. The van der Waals surface area contributed by atoms with Crippen molar-refractivity contribution in [3.05, 3.63) is 5.63 Å². The second-order valence-electron chi connectivity index (χ2n) is 0.758. The number of hydrogen-bond donors (Lipinski definition) is 0. The Hall–Kier alpha value is 0.01000. The normalized spacial score (nSPS) is 12.9. The topological polar surface area (TPSA) is 0 Å². The molecule has 0 aliphatic heterocycles. The number of alkyl halides is 3. The minimum atomic E-state index is -4.98. The van der Waals surface area contributed by atoms with E-state index in [1.807, 2.05) is 0 Å². The molecule has 0 bridgehead atoms. The van der Waals surface area contributed by atoms with Crippen LogP contribution in [0.3, 0.4) is 0 Å². The van der Waals surface area contributed by atoms with Crippen molar-refractivity contribution < 1.29 is 17.6 Å². The lowest BCUT2D eigenvalue weighted by Crippen LogP contribution is -2.10. The Balaban J connectivity index is 3.54. The second-order valence-corrected chi connectivity index (χ2v) is 1.09. The van der Waals surface area contributed by atoms with Gasteiger partial charge in [0.2, 0.25) is 0 Å². The Labute approximate surface area is 42.1 Å². The van der Waals surface area contributed by atoms with Gasteiger partial charge in [-0.1, -0.05) is 11.6 Å². The summed E-state index contributed by atoms with van der Waals surface area (Å²) >= 11 is 3.88. The van der Waals surface area contributed by atoms with Crippen molar-refractivity contribution in [3.8, 4) is 0 Å². The molecule has 0 nitrogen and oxygen atoms in total. The summed E-state index contributed by atoms with van der Waals surface area (Å²) in [4.78, 5) is 0. The molecule has 1 radical (unpaired) electrons. The van der Waals surface area contributed by atoms with Gasteiger partial charge in [0, 0.05) is 0 Å². The molecule has 0 amide bonds. The molecule has 0 aromatic heterocycles. The summed E-state index contributed by atoms with van der Waals surface area (Å²) in [7, 11) is 0. The maximum Gasteiger partial charge on any atom is 0.441 e. The Kier molecular flexibility index (Phi) is 1.86. The maximum absolute atomic E-state index is 10.8. The number of halogens is 5. The zero-order valence-corrected chi connectivity index (χ0v) is 3.65. The first-order valence-corrected chi connectivity index (χ1v) is 1.57. The molecule has 0 N–H and O–H groups in total. The quantitative estimate of drug-likeness (QED) is 0.447. The van der Waals surface area contributed by atoms with Gasteiger partial charge in [0.15, 0.2) is 0 Å². The molecular formula is C2ClF4. The predicted octanol–water partition coefficient (Wildman–Crippen LogP) is 2.25. The molecule has 0 fully saturated rings. The second kappa shape index (κ2) is 1.86. The van der Waals surface area contributed by atoms with Gasteiger partial charge >= 0.3 is 11.8 Å². The van der Waals surface area contributed by atoms with Crippen molar-refractivity contribution in [1.82, 2.24) is 0 Å². The van der Waals surface area contributed by atoms with E-state index in [0.717, 1.165) is 0 Å². The fraction of sp³-hybridized carbons (Fsp3) is 0.500. The van der Waals surface area contributed by atoms with Crippen LogP contribution >= 0.6 is 11.6 Å². The smallest absolute Gasteiger partial charge is 0.210 e. The van der Waals surface area contributed by atoms with Crippen molar-refractivity contribution in [2.45, 2.75) is 6.18 Å². The average molecular weight is 135 g/mol. The molecule has 0 rings (SSSR count). The third-order valence-electron chi connectivity index (χ3n) is 0.214. The minimum absolute atomic E-state index is 2.53. The van der Waals surface area contributed by atoms with Gasteiger partial charge in [-0.15, -0.1) is 0 Å². The Morgan fingerprint density at radius 2 is 1.43 bits per heavy atom. The average Bonchev–Trinajstić information content (AvgIpc) is 1.31. The minimum Gasteiger partial charge on any atom is -0.210 e. The van der Waals surface area contributed by atoms with Gasteiger partial charge in [0.05, 0.1) is 0 Å². The molecular weight excluding hydrogens is 135 g/mol. The summed E-state index contributed by atoms with van der Waals surface area (Å²) < 4.78 is 42.7. The molecule has 0 saturated carbocycles. The molecule has 7 heavy (non-hydrogen) atoms. The zero-order chi connectivity index (χ0) is 6.08. The van der Waals surface area contributed by atoms with Gasteiger partial charge in [-0.2, -0.15) is 13.2 Å². The molecule has 0 spiro atoms. The highest BCUT2D eigenvalue weighted by Gasteiger charge is 2.40. The highest BCUT2D eigenvalue weighted by molar-refractivity contribution is 6.26. The van der Waals surface area contributed by atoms with Crippen LogP contribution in [0.1, 0.15) is 0 Å². The lowest BCUT2D eigenvalue weighted by Gasteiger charge is -1.99. The number of rotatable bonds is 0. The van der Waals surface area contributed by atoms with Gasteiger partial charge in [0.25, 0.3) is 0 Å². The van der Waals surface area contributed by atoms with Crippen LogP contribution in [0.5, 0.6) is 0 Å². The summed E-state index contributed by atoms with van der Waals surface area (Å²) in [6.07, 6.45) is -4.98. The van der Waals surface area contributed by atoms with Crippen molar-refractivity contribution >= 4 is 11.6 Å². The van der Waals surface area contributed by atoms with E-state index in [0.29, 0.717) is 0 Å². The van der Waals surface area contributed by atoms with Gasteiger partial charge in [-0.25, -0.2) is 4.39 Å². The first kappa shape index (κ1) is 7.01. The predicted molar refractivity (Wildman–Crippen MR) is 16.3 cm³/mol. The van der Waals surface area contributed by atoms with Crippen LogP contribution in [0, 0.1) is 5.63 Å². The molecule has 0 aromatic carbocycles. The van der Waals surface area contributed by atoms with Crippen molar-refractivity contribution in [3.63, 3.8) is 0 Å². The van der Waals surface area contributed by atoms with Gasteiger partial charge in [-0.3, -0.25) is 0 Å². The fourth-order valence-corrected chi connectivity index (χ4v) is 0. The van der Waals surface area contributed by atoms with Crippen molar-refractivity contribution in [2.24, 2.45) is 0 Å². The molecule has 0 unspecified atom stereocenters. The SMILES string of the molecule is F[C](Cl)C(F)(F)F. The van der Waals surface area contributed by atoms with Crippen LogP contribution in [0.25, 0.3) is 0 Å². The first-order valence-electron chi connectivity index (χ1n) is 1.19. The Morgan fingerprint density at radius 3 is 1.43 bits per heavy atom. The van der Waals surface area contributed by atoms with E-state index in [1.54, 1.807) is 0 Å². The maximum atomic E-state index is 10.8. The van der Waals surface area contributed by atoms with Gasteiger partial charge < -0.3 is 0 Å². The Morgan fingerprint density at radius 1 is 1.29 bits per heavy atom. The monoisotopic (exact) mass is 135 g/mol. The highest BCUT2D eigenvalue weighted by Crippen LogP contribution is 2.31. The molecule has 0 aliphatic carbocycles. The van der Waals surface area contributed by atoms with Crippen molar-refractivity contribution in [2.75, 3.05) is 0 Å². The summed E-state index contributed by atoms with van der Waals surface area (Å²) in [6, 6.07) is 0. The molecule has 0 heterocycles. The summed E-state index contributed by atoms with van der Waals surface area (Å²) in [5.74, 6) is 0. The molecule has 0 atom stereocenters. The fourth-order valence-electron chi connectivity index (χ4n) is 0. The van der Waals surface area contributed by atoms with E-state index in [4.69, 9.17) is 0 Å². The Bertz CT molecular complexity index is 55.2. The molecule has 5 heteroatoms. The largest absolute Gasteiger partial charge is 0.441 e. The van der Waals surface area contributed by atoms with Crippen LogP contribution in [0.15, 0.2) is 0 Å². The third kappa shape index (κ3) is 2.68. The lowest BCUT2D eigenvalue weighted by atomic mass is 10.7. The van der Waals surface area contributed by atoms with E-state index in [2.05, 4.69) is 11.6 Å². The van der Waals surface area contributed by atoms with Gasteiger partial charge in [0.1, 0.15) is 0 Å². The lowest BCUT2D eigenvalue weighted by molar-refractivity contribution is -0.122. The summed E-state index contributed by atoms with van der Waals surface area (Å²) in [5, 5.41) is 0. The molecule has 0 aliphatic rings. The summed E-state index contributed by atoms with van der Waals surface area (Å²) in [6.45, 7) is 0. The van der Waals surface area contributed by atoms with Crippen LogP contribution in [-0.2, 0) is 0 Å². The van der Waals surface area contributed by atoms with Crippen LogP contribution in [0.4, 0.5) is 17.6 Å². The van der Waals surface area contributed by atoms with Gasteiger partial charge in [-0.05, 0) is 0 Å². The van der Waals surface area contributed by atoms with Crippen LogP contribution < -0.4 is 0 Å². The van der Waals surface area contributed by atoms with E-state index < -0.39 is 11.8 Å². The van der Waals surface area contributed by atoms with Crippen LogP contribution in [0.2, 0.25) is 0 Å². The van der Waals surface area contributed by atoms with E-state index in [1.165, 1.54) is 0 Å². The standard InChI is InChI=1S/C2ClF4/c3-1(4)2(5,6)7. The highest BCUT2D eigenvalue weighted by atomic mass is 35.5. The van der Waals surface area contributed by atoms with E-state index in [9.17, 15) is 17.6 Å². The zero-order valence-electron chi connectivity index (χ0n) is 2.89. The molecule has 0 saturated heterocycles. The van der Waals surface area contributed by atoms with E-state index in [-0.39, 0.29) is 0 Å².